The third-order valence-corrected chi connectivity index (χ3v) is 5.81. The molecule has 1 aliphatic rings. The lowest BCUT2D eigenvalue weighted by Crippen LogP contribution is -2.43. The van der Waals surface area contributed by atoms with Crippen LogP contribution in [0.5, 0.6) is 0 Å². The van der Waals surface area contributed by atoms with E-state index in [1.165, 1.54) is 10.6 Å². The van der Waals surface area contributed by atoms with Crippen molar-refractivity contribution in [2.75, 3.05) is 18.9 Å². The van der Waals surface area contributed by atoms with Gasteiger partial charge in [-0.05, 0) is 18.4 Å². The maximum atomic E-state index is 8.78. The maximum absolute atomic E-state index is 8.78. The van der Waals surface area contributed by atoms with E-state index in [4.69, 9.17) is 5.11 Å². The Hall–Kier alpha value is -0.470. The average molecular weight is 295 g/mol. The van der Waals surface area contributed by atoms with Crippen LogP contribution in [-0.2, 0) is 6.54 Å². The van der Waals surface area contributed by atoms with Crippen LogP contribution < -0.4 is 0 Å². The Bertz CT molecular complexity index is 460. The van der Waals surface area contributed by atoms with Crippen LogP contribution in [0.2, 0.25) is 0 Å². The molecule has 1 aliphatic heterocycles. The Labute approximate surface area is 124 Å². The van der Waals surface area contributed by atoms with Crippen LogP contribution >= 0.6 is 23.1 Å². The van der Waals surface area contributed by atoms with Gasteiger partial charge < -0.3 is 5.11 Å². The smallest absolute Gasteiger partial charge is 0.0540 e. The summed E-state index contributed by atoms with van der Waals surface area (Å²) in [7, 11) is 0. The van der Waals surface area contributed by atoms with Crippen LogP contribution in [0, 0.1) is 11.8 Å². The van der Waals surface area contributed by atoms with Gasteiger partial charge >= 0.3 is 0 Å². The number of rotatable bonds is 3. The van der Waals surface area contributed by atoms with E-state index in [0.29, 0.717) is 17.7 Å². The number of nitrogens with zero attached hydrogens (tertiary/aromatic N) is 1. The molecule has 2 nitrogen and oxygen atoms in total. The Balaban J connectivity index is 2.03. The van der Waals surface area contributed by atoms with E-state index < -0.39 is 0 Å². The summed E-state index contributed by atoms with van der Waals surface area (Å²) >= 11 is 3.86. The highest BCUT2D eigenvalue weighted by Crippen LogP contribution is 2.27. The molecule has 0 spiro atoms. The normalized spacial score (nSPS) is 23.9. The van der Waals surface area contributed by atoms with Crippen LogP contribution in [-0.4, -0.2) is 40.2 Å². The second-order valence-corrected chi connectivity index (χ2v) is 7.31. The Morgan fingerprint density at radius 3 is 3.11 bits per heavy atom. The van der Waals surface area contributed by atoms with Crippen LogP contribution in [0.15, 0.2) is 11.4 Å². The Kier molecular flexibility index (Phi) is 5.77. The molecule has 2 atom stereocenters. The van der Waals surface area contributed by atoms with Crippen molar-refractivity contribution in [3.05, 3.63) is 21.9 Å². The van der Waals surface area contributed by atoms with Gasteiger partial charge in [0.2, 0.25) is 0 Å². The maximum Gasteiger partial charge on any atom is 0.0540 e. The lowest BCUT2D eigenvalue weighted by molar-refractivity contribution is 0.206. The summed E-state index contributed by atoms with van der Waals surface area (Å²) < 4.78 is 0. The molecule has 0 radical (unpaired) electrons. The molecule has 2 heterocycles. The Morgan fingerprint density at radius 1 is 1.47 bits per heavy atom. The molecule has 4 heteroatoms. The predicted octanol–water partition coefficient (Wildman–Crippen LogP) is 2.81. The van der Waals surface area contributed by atoms with E-state index >= 15 is 0 Å². The van der Waals surface area contributed by atoms with Crippen molar-refractivity contribution in [1.29, 1.82) is 0 Å². The average Bonchev–Trinajstić information content (AvgIpc) is 2.83. The molecular formula is C15H21NOS2. The Morgan fingerprint density at radius 2 is 2.32 bits per heavy atom. The van der Waals surface area contributed by atoms with Gasteiger partial charge in [0.15, 0.2) is 0 Å². The van der Waals surface area contributed by atoms with Gasteiger partial charge in [0.1, 0.15) is 0 Å². The summed E-state index contributed by atoms with van der Waals surface area (Å²) in [6.45, 7) is 6.95. The highest BCUT2D eigenvalue weighted by Gasteiger charge is 2.25. The zero-order valence-corrected chi connectivity index (χ0v) is 13.2. The fraction of sp³-hybridized carbons (Fsp3) is 0.600. The van der Waals surface area contributed by atoms with E-state index in [2.05, 4.69) is 53.8 Å². The highest BCUT2D eigenvalue weighted by molar-refractivity contribution is 8.00. The number of thiophene rings is 1. The number of hydrogen-bond acceptors (Lipinski definition) is 4. The fourth-order valence-corrected chi connectivity index (χ4v) is 4.21. The van der Waals surface area contributed by atoms with Crippen LogP contribution in [0.1, 0.15) is 30.7 Å². The van der Waals surface area contributed by atoms with Crippen molar-refractivity contribution in [1.82, 2.24) is 4.90 Å². The van der Waals surface area contributed by atoms with Crippen molar-refractivity contribution < 1.29 is 5.11 Å². The molecule has 0 aliphatic carbocycles. The lowest BCUT2D eigenvalue weighted by atomic mass is 10.2. The van der Waals surface area contributed by atoms with Crippen molar-refractivity contribution >= 4 is 23.1 Å². The number of hydrogen-bond donors (Lipinski definition) is 1. The van der Waals surface area contributed by atoms with Gasteiger partial charge in [0.05, 0.1) is 6.61 Å². The van der Waals surface area contributed by atoms with Crippen molar-refractivity contribution in [2.24, 2.45) is 0 Å². The summed E-state index contributed by atoms with van der Waals surface area (Å²) in [6.07, 6.45) is 0.559. The standard InChI is InChI=1S/C15H21NOS2/c1-12-13(2)18-10-7-16(12)11-15-14(6-9-19-15)5-3-4-8-17/h6,9,12-13,17H,4,7-8,10-11H2,1-2H3. The van der Waals surface area contributed by atoms with Gasteiger partial charge in [-0.2, -0.15) is 11.8 Å². The second-order valence-electron chi connectivity index (χ2n) is 4.82. The molecule has 0 aromatic carbocycles. The molecule has 1 aromatic heterocycles. The van der Waals surface area contributed by atoms with E-state index in [1.54, 1.807) is 11.3 Å². The van der Waals surface area contributed by atoms with Gasteiger partial charge in [-0.15, -0.1) is 11.3 Å². The van der Waals surface area contributed by atoms with Crippen LogP contribution in [0.25, 0.3) is 0 Å². The minimum atomic E-state index is 0.143. The molecule has 19 heavy (non-hydrogen) atoms. The number of thioether (sulfide) groups is 1. The molecule has 1 saturated heterocycles. The van der Waals surface area contributed by atoms with E-state index in [9.17, 15) is 0 Å². The third kappa shape index (κ3) is 4.00. The summed E-state index contributed by atoms with van der Waals surface area (Å²) in [5.74, 6) is 7.42. The highest BCUT2D eigenvalue weighted by atomic mass is 32.2. The fourth-order valence-electron chi connectivity index (χ4n) is 2.19. The first-order chi connectivity index (χ1) is 9.22. The molecule has 2 unspecified atom stereocenters. The van der Waals surface area contributed by atoms with Gasteiger partial charge in [0.25, 0.3) is 0 Å². The largest absolute Gasteiger partial charge is 0.395 e. The van der Waals surface area contributed by atoms with Gasteiger partial charge in [-0.3, -0.25) is 4.90 Å². The van der Waals surface area contributed by atoms with Gasteiger partial charge in [-0.25, -0.2) is 0 Å². The van der Waals surface area contributed by atoms with E-state index in [0.717, 1.165) is 18.7 Å². The summed E-state index contributed by atoms with van der Waals surface area (Å²) in [6, 6.07) is 2.72. The molecule has 0 bridgehead atoms. The van der Waals surface area contributed by atoms with E-state index in [-0.39, 0.29) is 6.61 Å². The van der Waals surface area contributed by atoms with Crippen LogP contribution in [0.3, 0.4) is 0 Å². The summed E-state index contributed by atoms with van der Waals surface area (Å²) in [5, 5.41) is 11.6. The first-order valence-corrected chi connectivity index (χ1v) is 8.67. The monoisotopic (exact) mass is 295 g/mol. The predicted molar refractivity (Wildman–Crippen MR) is 84.7 cm³/mol. The topological polar surface area (TPSA) is 23.5 Å². The number of aliphatic hydroxyl groups excluding tert-OH is 1. The minimum Gasteiger partial charge on any atom is -0.395 e. The van der Waals surface area contributed by atoms with E-state index in [1.807, 2.05) is 0 Å². The quantitative estimate of drug-likeness (QED) is 0.868. The lowest BCUT2D eigenvalue weighted by Gasteiger charge is -2.37. The van der Waals surface area contributed by atoms with Crippen molar-refractivity contribution in [3.63, 3.8) is 0 Å². The molecule has 2 rings (SSSR count). The molecule has 1 aromatic rings. The second kappa shape index (κ2) is 7.35. The molecule has 0 saturated carbocycles. The van der Waals surface area contributed by atoms with Gasteiger partial charge in [-0.1, -0.05) is 18.8 Å². The zero-order valence-electron chi connectivity index (χ0n) is 11.6. The third-order valence-electron chi connectivity index (χ3n) is 3.57. The van der Waals surface area contributed by atoms with Crippen molar-refractivity contribution in [2.45, 2.75) is 38.1 Å². The molecule has 104 valence electrons. The van der Waals surface area contributed by atoms with Gasteiger partial charge in [0, 0.05) is 47.0 Å². The molecular weight excluding hydrogens is 274 g/mol. The molecule has 0 amide bonds. The molecule has 1 fully saturated rings. The van der Waals surface area contributed by atoms with Crippen LogP contribution in [0.4, 0.5) is 0 Å². The minimum absolute atomic E-state index is 0.143. The first kappa shape index (κ1) is 14.9. The first-order valence-electron chi connectivity index (χ1n) is 6.74. The van der Waals surface area contributed by atoms with Crippen molar-refractivity contribution in [3.8, 4) is 11.8 Å². The SMILES string of the molecule is CC1SCCN(Cc2sccc2C#CCCO)C1C. The molecule has 1 N–H and O–H groups in total. The number of aliphatic hydroxyl groups is 1. The zero-order chi connectivity index (χ0) is 13.7. The summed E-state index contributed by atoms with van der Waals surface area (Å²) in [5.41, 5.74) is 1.14. The summed E-state index contributed by atoms with van der Waals surface area (Å²) in [4.78, 5) is 3.92.